The first-order valence-corrected chi connectivity index (χ1v) is 7.14. The van der Waals surface area contributed by atoms with Crippen LogP contribution in [0.5, 0.6) is 0 Å². The largest absolute Gasteiger partial charge is 0.321 e. The predicted molar refractivity (Wildman–Crippen MR) is 80.1 cm³/mol. The molecule has 0 aliphatic carbocycles. The molecule has 0 saturated carbocycles. The summed E-state index contributed by atoms with van der Waals surface area (Å²) in [5, 5.41) is 3.80. The van der Waals surface area contributed by atoms with Gasteiger partial charge in [-0.15, -0.1) is 11.3 Å². The molecular formula is C15H18N2OS. The number of nitrogens with zero attached hydrogens (tertiary/aromatic N) is 1. The van der Waals surface area contributed by atoms with Crippen LogP contribution >= 0.6 is 11.3 Å². The van der Waals surface area contributed by atoms with E-state index in [2.05, 4.69) is 24.1 Å². The van der Waals surface area contributed by atoms with Crippen molar-refractivity contribution in [3.05, 3.63) is 45.4 Å². The van der Waals surface area contributed by atoms with Gasteiger partial charge in [-0.2, -0.15) is 0 Å². The normalized spacial score (nSPS) is 10.8. The third-order valence-electron chi connectivity index (χ3n) is 2.95. The Kier molecular flexibility index (Phi) is 4.00. The van der Waals surface area contributed by atoms with E-state index in [1.165, 1.54) is 5.56 Å². The Balaban J connectivity index is 2.13. The Labute approximate surface area is 117 Å². The van der Waals surface area contributed by atoms with Gasteiger partial charge >= 0.3 is 0 Å². The van der Waals surface area contributed by atoms with E-state index in [0.29, 0.717) is 11.6 Å². The zero-order valence-electron chi connectivity index (χ0n) is 11.7. The van der Waals surface area contributed by atoms with E-state index < -0.39 is 0 Å². The van der Waals surface area contributed by atoms with Crippen LogP contribution in [0.1, 0.15) is 45.7 Å². The first-order chi connectivity index (χ1) is 8.97. The summed E-state index contributed by atoms with van der Waals surface area (Å²) >= 11 is 1.54. The van der Waals surface area contributed by atoms with E-state index in [-0.39, 0.29) is 5.91 Å². The number of aromatic nitrogens is 1. The van der Waals surface area contributed by atoms with Crippen molar-refractivity contribution < 1.29 is 4.79 Å². The van der Waals surface area contributed by atoms with Crippen LogP contribution in [0.15, 0.2) is 24.3 Å². The summed E-state index contributed by atoms with van der Waals surface area (Å²) < 4.78 is 0. The van der Waals surface area contributed by atoms with Crippen molar-refractivity contribution in [1.29, 1.82) is 0 Å². The van der Waals surface area contributed by atoms with Crippen LogP contribution in [0, 0.1) is 13.8 Å². The van der Waals surface area contributed by atoms with Gasteiger partial charge in [0.2, 0.25) is 0 Å². The van der Waals surface area contributed by atoms with Crippen molar-refractivity contribution >= 4 is 22.9 Å². The second-order valence-electron chi connectivity index (χ2n) is 4.87. The van der Waals surface area contributed by atoms with Crippen molar-refractivity contribution in [3.63, 3.8) is 0 Å². The molecule has 2 aromatic rings. The minimum absolute atomic E-state index is 0.140. The number of anilines is 1. The highest BCUT2D eigenvalue weighted by Crippen LogP contribution is 2.20. The molecule has 1 aromatic heterocycles. The van der Waals surface area contributed by atoms with Crippen molar-refractivity contribution in [2.45, 2.75) is 33.6 Å². The molecule has 1 N–H and O–H groups in total. The van der Waals surface area contributed by atoms with Crippen LogP contribution in [0.25, 0.3) is 0 Å². The summed E-state index contributed by atoms with van der Waals surface area (Å²) in [5.41, 5.74) is 2.59. The zero-order valence-corrected chi connectivity index (χ0v) is 12.5. The molecule has 0 saturated heterocycles. The Morgan fingerprint density at radius 3 is 2.32 bits per heavy atom. The standard InChI is InChI=1S/C15H18N2OS/c1-9(2)12-5-7-13(8-6-12)17-15(18)14-10(3)19-11(4)16-14/h5-9H,1-4H3,(H,17,18). The number of carbonyl (C=O) groups excluding carboxylic acids is 1. The number of benzene rings is 1. The topological polar surface area (TPSA) is 42.0 Å². The molecule has 0 aliphatic rings. The van der Waals surface area contributed by atoms with Crippen LogP contribution in [0.4, 0.5) is 5.69 Å². The minimum atomic E-state index is -0.140. The molecule has 100 valence electrons. The van der Waals surface area contributed by atoms with E-state index in [1.807, 2.05) is 38.1 Å². The SMILES string of the molecule is Cc1nc(C(=O)Nc2ccc(C(C)C)cc2)c(C)s1. The molecule has 0 radical (unpaired) electrons. The highest BCUT2D eigenvalue weighted by molar-refractivity contribution is 7.11. The van der Waals surface area contributed by atoms with Crippen LogP contribution in [-0.4, -0.2) is 10.9 Å². The predicted octanol–water partition coefficient (Wildman–Crippen LogP) is 4.14. The van der Waals surface area contributed by atoms with Crippen molar-refractivity contribution in [2.75, 3.05) is 5.32 Å². The van der Waals surface area contributed by atoms with Gasteiger partial charge in [-0.1, -0.05) is 26.0 Å². The number of nitrogens with one attached hydrogen (secondary N) is 1. The fourth-order valence-electron chi connectivity index (χ4n) is 1.88. The summed E-state index contributed by atoms with van der Waals surface area (Å²) in [7, 11) is 0. The number of rotatable bonds is 3. The maximum absolute atomic E-state index is 12.1. The molecule has 0 fully saturated rings. The first-order valence-electron chi connectivity index (χ1n) is 6.32. The first kappa shape index (κ1) is 13.7. The van der Waals surface area contributed by atoms with Crippen LogP contribution in [0.3, 0.4) is 0 Å². The molecule has 3 nitrogen and oxygen atoms in total. The maximum Gasteiger partial charge on any atom is 0.275 e. The lowest BCUT2D eigenvalue weighted by Crippen LogP contribution is -2.13. The molecular weight excluding hydrogens is 256 g/mol. The van der Waals surface area contributed by atoms with Crippen LogP contribution in [-0.2, 0) is 0 Å². The highest BCUT2D eigenvalue weighted by atomic mass is 32.1. The Morgan fingerprint density at radius 1 is 1.21 bits per heavy atom. The summed E-state index contributed by atoms with van der Waals surface area (Å²) in [5.74, 6) is 0.354. The number of thiazole rings is 1. The summed E-state index contributed by atoms with van der Waals surface area (Å²) in [6.07, 6.45) is 0. The maximum atomic E-state index is 12.1. The smallest absolute Gasteiger partial charge is 0.275 e. The molecule has 0 atom stereocenters. The van der Waals surface area contributed by atoms with Crippen LogP contribution in [0.2, 0.25) is 0 Å². The lowest BCUT2D eigenvalue weighted by Gasteiger charge is -2.07. The molecule has 0 aliphatic heterocycles. The molecule has 0 spiro atoms. The Morgan fingerprint density at radius 2 is 1.84 bits per heavy atom. The molecule has 2 rings (SSSR count). The molecule has 0 bridgehead atoms. The molecule has 4 heteroatoms. The van der Waals surface area contributed by atoms with Gasteiger partial charge in [0.25, 0.3) is 5.91 Å². The molecule has 1 aromatic carbocycles. The second-order valence-corrected chi connectivity index (χ2v) is 6.28. The molecule has 1 heterocycles. The summed E-state index contributed by atoms with van der Waals surface area (Å²) in [6, 6.07) is 7.95. The zero-order chi connectivity index (χ0) is 14.0. The van der Waals surface area contributed by atoms with Gasteiger partial charge in [0.15, 0.2) is 0 Å². The Hall–Kier alpha value is -1.68. The average Bonchev–Trinajstić information content (AvgIpc) is 2.69. The molecule has 0 unspecified atom stereocenters. The number of hydrogen-bond donors (Lipinski definition) is 1. The average molecular weight is 274 g/mol. The fourth-order valence-corrected chi connectivity index (χ4v) is 2.70. The van der Waals surface area contributed by atoms with Crippen molar-refractivity contribution in [1.82, 2.24) is 4.98 Å². The second kappa shape index (κ2) is 5.53. The van der Waals surface area contributed by atoms with E-state index in [9.17, 15) is 4.79 Å². The highest BCUT2D eigenvalue weighted by Gasteiger charge is 2.14. The van der Waals surface area contributed by atoms with E-state index >= 15 is 0 Å². The number of aryl methyl sites for hydroxylation is 2. The minimum Gasteiger partial charge on any atom is -0.321 e. The van der Waals surface area contributed by atoms with Gasteiger partial charge in [-0.25, -0.2) is 4.98 Å². The van der Waals surface area contributed by atoms with E-state index in [0.717, 1.165) is 15.6 Å². The van der Waals surface area contributed by atoms with Gasteiger partial charge in [0.1, 0.15) is 5.69 Å². The van der Waals surface area contributed by atoms with Gasteiger partial charge in [-0.3, -0.25) is 4.79 Å². The third kappa shape index (κ3) is 3.20. The third-order valence-corrected chi connectivity index (χ3v) is 3.84. The number of carbonyl (C=O) groups is 1. The van der Waals surface area contributed by atoms with E-state index in [4.69, 9.17) is 0 Å². The van der Waals surface area contributed by atoms with Crippen molar-refractivity contribution in [2.24, 2.45) is 0 Å². The number of hydrogen-bond acceptors (Lipinski definition) is 3. The summed E-state index contributed by atoms with van der Waals surface area (Å²) in [6.45, 7) is 8.12. The van der Waals surface area contributed by atoms with E-state index in [1.54, 1.807) is 11.3 Å². The fraction of sp³-hybridized carbons (Fsp3) is 0.333. The monoisotopic (exact) mass is 274 g/mol. The quantitative estimate of drug-likeness (QED) is 0.914. The Bertz CT molecular complexity index is 585. The number of amides is 1. The molecule has 19 heavy (non-hydrogen) atoms. The van der Waals surface area contributed by atoms with Gasteiger partial charge in [-0.05, 0) is 37.5 Å². The van der Waals surface area contributed by atoms with Crippen LogP contribution < -0.4 is 5.32 Å². The lowest BCUT2D eigenvalue weighted by molar-refractivity contribution is 0.102. The molecule has 1 amide bonds. The lowest BCUT2D eigenvalue weighted by atomic mass is 10.0. The van der Waals surface area contributed by atoms with Gasteiger partial charge in [0.05, 0.1) is 5.01 Å². The van der Waals surface area contributed by atoms with Gasteiger partial charge < -0.3 is 5.32 Å². The van der Waals surface area contributed by atoms with Gasteiger partial charge in [0, 0.05) is 10.6 Å². The van der Waals surface area contributed by atoms with Crippen molar-refractivity contribution in [3.8, 4) is 0 Å². The summed E-state index contributed by atoms with van der Waals surface area (Å²) in [4.78, 5) is 17.3.